The van der Waals surface area contributed by atoms with Crippen LogP contribution in [0.4, 0.5) is 0 Å². The van der Waals surface area contributed by atoms with Gasteiger partial charge in [-0.2, -0.15) is 0 Å². The molecule has 0 saturated carbocycles. The third-order valence-electron chi connectivity index (χ3n) is 3.34. The number of methoxy groups -OCH3 is 1. The van der Waals surface area contributed by atoms with E-state index < -0.39 is 0 Å². The minimum absolute atomic E-state index is 0. The van der Waals surface area contributed by atoms with Crippen molar-refractivity contribution < 1.29 is 14.3 Å². The molecule has 0 aromatic heterocycles. The van der Waals surface area contributed by atoms with E-state index in [1.807, 2.05) is 18.7 Å². The highest BCUT2D eigenvalue weighted by atomic mass is 127. The molecule has 8 heteroatoms. The molecule has 1 aliphatic rings. The van der Waals surface area contributed by atoms with E-state index in [1.165, 1.54) is 7.11 Å². The van der Waals surface area contributed by atoms with Gasteiger partial charge in [-0.1, -0.05) is 6.92 Å². The van der Waals surface area contributed by atoms with Gasteiger partial charge in [0.2, 0.25) is 5.91 Å². The van der Waals surface area contributed by atoms with Gasteiger partial charge in [-0.3, -0.25) is 14.6 Å². The lowest BCUT2D eigenvalue weighted by Crippen LogP contribution is -2.45. The van der Waals surface area contributed by atoms with Crippen LogP contribution in [-0.2, 0) is 14.3 Å². The van der Waals surface area contributed by atoms with Gasteiger partial charge in [-0.25, -0.2) is 0 Å². The molecule has 0 aromatic carbocycles. The molecule has 0 spiro atoms. The van der Waals surface area contributed by atoms with Crippen LogP contribution in [0.1, 0.15) is 33.1 Å². The molecule has 1 unspecified atom stereocenters. The predicted molar refractivity (Wildman–Crippen MR) is 96.4 cm³/mol. The van der Waals surface area contributed by atoms with Gasteiger partial charge in [0.05, 0.1) is 20.1 Å². The number of carbonyl (C=O) groups is 2. The average molecular weight is 426 g/mol. The fraction of sp³-hybridized carbons (Fsp3) is 0.786. The molecule has 2 N–H and O–H groups in total. The van der Waals surface area contributed by atoms with Gasteiger partial charge in [-0.15, -0.1) is 24.0 Å². The third kappa shape index (κ3) is 7.28. The summed E-state index contributed by atoms with van der Waals surface area (Å²) < 4.78 is 4.59. The summed E-state index contributed by atoms with van der Waals surface area (Å²) in [6.45, 7) is 6.47. The van der Waals surface area contributed by atoms with Gasteiger partial charge in [-0.05, 0) is 13.3 Å². The van der Waals surface area contributed by atoms with Crippen molar-refractivity contribution in [3.8, 4) is 0 Å². The first kappa shape index (κ1) is 20.9. The molecular formula is C14H27IN4O3. The van der Waals surface area contributed by atoms with Gasteiger partial charge in [0.1, 0.15) is 0 Å². The molecule has 0 radical (unpaired) electrons. The molecule has 0 aliphatic carbocycles. The molecule has 1 atom stereocenters. The second kappa shape index (κ2) is 11.5. The molecular weight excluding hydrogens is 399 g/mol. The monoisotopic (exact) mass is 426 g/mol. The standard InChI is InChI=1S/C14H26N4O3.HI/c1-4-12(19)18-9-7-11(10-18)17-14(15-5-2)16-8-6-13(20)21-3;/h11H,4-10H2,1-3H3,(H2,15,16,17);1H. The van der Waals surface area contributed by atoms with Crippen molar-refractivity contribution in [2.45, 2.75) is 39.2 Å². The molecule has 1 heterocycles. The van der Waals surface area contributed by atoms with E-state index >= 15 is 0 Å². The molecule has 22 heavy (non-hydrogen) atoms. The Bertz CT molecular complexity index is 390. The average Bonchev–Trinajstić information content (AvgIpc) is 2.94. The Balaban J connectivity index is 0.00000441. The number of rotatable bonds is 6. The highest BCUT2D eigenvalue weighted by Gasteiger charge is 2.25. The topological polar surface area (TPSA) is 83.0 Å². The number of esters is 1. The van der Waals surface area contributed by atoms with Gasteiger partial charge in [0, 0.05) is 32.1 Å². The maximum Gasteiger partial charge on any atom is 0.307 e. The lowest BCUT2D eigenvalue weighted by molar-refractivity contribution is -0.140. The fourth-order valence-electron chi connectivity index (χ4n) is 2.20. The van der Waals surface area contributed by atoms with Gasteiger partial charge in [0.15, 0.2) is 5.96 Å². The number of nitrogens with one attached hydrogen (secondary N) is 2. The van der Waals surface area contributed by atoms with E-state index in [2.05, 4.69) is 20.4 Å². The molecule has 1 rings (SSSR count). The summed E-state index contributed by atoms with van der Waals surface area (Å²) in [5, 5.41) is 6.45. The zero-order valence-electron chi connectivity index (χ0n) is 13.6. The number of nitrogens with zero attached hydrogens (tertiary/aromatic N) is 2. The second-order valence-electron chi connectivity index (χ2n) is 4.91. The predicted octanol–water partition coefficient (Wildman–Crippen LogP) is 0.733. The first-order chi connectivity index (χ1) is 10.1. The third-order valence-corrected chi connectivity index (χ3v) is 3.34. The van der Waals surface area contributed by atoms with Crippen LogP contribution < -0.4 is 10.6 Å². The number of amides is 1. The Kier molecular flexibility index (Phi) is 10.9. The lowest BCUT2D eigenvalue weighted by Gasteiger charge is -2.18. The molecule has 1 saturated heterocycles. The Morgan fingerprint density at radius 1 is 1.36 bits per heavy atom. The Morgan fingerprint density at radius 2 is 2.09 bits per heavy atom. The summed E-state index contributed by atoms with van der Waals surface area (Å²) in [6.07, 6.45) is 1.71. The van der Waals surface area contributed by atoms with E-state index in [4.69, 9.17) is 0 Å². The maximum absolute atomic E-state index is 11.7. The molecule has 128 valence electrons. The first-order valence-corrected chi connectivity index (χ1v) is 7.50. The number of carbonyl (C=O) groups excluding carboxylic acids is 2. The fourth-order valence-corrected chi connectivity index (χ4v) is 2.20. The van der Waals surface area contributed by atoms with Crippen LogP contribution in [0.3, 0.4) is 0 Å². The molecule has 0 bridgehead atoms. The minimum atomic E-state index is -0.268. The summed E-state index contributed by atoms with van der Waals surface area (Å²) in [5.74, 6) is 0.597. The van der Waals surface area contributed by atoms with Crippen LogP contribution in [-0.4, -0.2) is 62.1 Å². The summed E-state index contributed by atoms with van der Waals surface area (Å²) in [4.78, 5) is 28.9. The van der Waals surface area contributed by atoms with Crippen LogP contribution in [0.2, 0.25) is 0 Å². The summed E-state index contributed by atoms with van der Waals surface area (Å²) in [7, 11) is 1.37. The van der Waals surface area contributed by atoms with Crippen molar-refractivity contribution in [2.24, 2.45) is 4.99 Å². The van der Waals surface area contributed by atoms with Crippen LogP contribution >= 0.6 is 24.0 Å². The van der Waals surface area contributed by atoms with Crippen LogP contribution in [0, 0.1) is 0 Å². The van der Waals surface area contributed by atoms with Crippen LogP contribution in [0.25, 0.3) is 0 Å². The van der Waals surface area contributed by atoms with Crippen LogP contribution in [0.5, 0.6) is 0 Å². The van der Waals surface area contributed by atoms with E-state index in [9.17, 15) is 9.59 Å². The highest BCUT2D eigenvalue weighted by molar-refractivity contribution is 14.0. The zero-order valence-corrected chi connectivity index (χ0v) is 15.9. The van der Waals surface area contributed by atoms with Crippen molar-refractivity contribution in [1.82, 2.24) is 15.5 Å². The normalized spacial score (nSPS) is 17.7. The molecule has 1 fully saturated rings. The molecule has 1 amide bonds. The van der Waals surface area contributed by atoms with Gasteiger partial charge in [0.25, 0.3) is 0 Å². The minimum Gasteiger partial charge on any atom is -0.469 e. The number of halogens is 1. The number of hydrogen-bond acceptors (Lipinski definition) is 4. The van der Waals surface area contributed by atoms with E-state index in [0.717, 1.165) is 19.5 Å². The lowest BCUT2D eigenvalue weighted by atomic mass is 10.3. The number of hydrogen-bond donors (Lipinski definition) is 2. The first-order valence-electron chi connectivity index (χ1n) is 7.50. The zero-order chi connectivity index (χ0) is 15.7. The maximum atomic E-state index is 11.7. The summed E-state index contributed by atoms with van der Waals surface area (Å²) in [5.41, 5.74) is 0. The largest absolute Gasteiger partial charge is 0.469 e. The van der Waals surface area contributed by atoms with E-state index in [0.29, 0.717) is 25.5 Å². The number of ether oxygens (including phenoxy) is 1. The SMILES string of the molecule is CCNC(=NCCC(=O)OC)NC1CCN(C(=O)CC)C1.I. The smallest absolute Gasteiger partial charge is 0.307 e. The van der Waals surface area contributed by atoms with Crippen molar-refractivity contribution in [3.63, 3.8) is 0 Å². The van der Waals surface area contributed by atoms with E-state index in [1.54, 1.807) is 0 Å². The van der Waals surface area contributed by atoms with Crippen molar-refractivity contribution in [3.05, 3.63) is 0 Å². The quantitative estimate of drug-likeness (QED) is 0.283. The van der Waals surface area contributed by atoms with Crippen molar-refractivity contribution >= 4 is 41.8 Å². The van der Waals surface area contributed by atoms with Crippen molar-refractivity contribution in [2.75, 3.05) is 33.3 Å². The Labute approximate surface area is 149 Å². The van der Waals surface area contributed by atoms with Crippen LogP contribution in [0.15, 0.2) is 4.99 Å². The summed E-state index contributed by atoms with van der Waals surface area (Å²) >= 11 is 0. The number of likely N-dealkylation sites (tertiary alicyclic amines) is 1. The van der Waals surface area contributed by atoms with Gasteiger partial charge < -0.3 is 20.3 Å². The molecule has 1 aliphatic heterocycles. The summed E-state index contributed by atoms with van der Waals surface area (Å²) in [6, 6.07) is 0.205. The van der Waals surface area contributed by atoms with Crippen molar-refractivity contribution in [1.29, 1.82) is 0 Å². The number of aliphatic imine (C=N–C) groups is 1. The van der Waals surface area contributed by atoms with E-state index in [-0.39, 0.29) is 48.3 Å². The second-order valence-corrected chi connectivity index (χ2v) is 4.91. The molecule has 0 aromatic rings. The highest BCUT2D eigenvalue weighted by Crippen LogP contribution is 2.10. The molecule has 7 nitrogen and oxygen atoms in total. The number of guanidine groups is 1. The van der Waals surface area contributed by atoms with Gasteiger partial charge >= 0.3 is 5.97 Å². The Morgan fingerprint density at radius 3 is 2.68 bits per heavy atom. The Hall–Kier alpha value is -1.06.